The van der Waals surface area contributed by atoms with Crippen LogP contribution in [0.2, 0.25) is 5.02 Å². The number of ether oxygens (including phenoxy) is 1. The van der Waals surface area contributed by atoms with Crippen LogP contribution in [-0.4, -0.2) is 26.1 Å². The minimum absolute atomic E-state index is 0.0714. The largest absolute Gasteiger partial charge is 0.453 e. The van der Waals surface area contributed by atoms with Crippen molar-refractivity contribution in [2.24, 2.45) is 0 Å². The van der Waals surface area contributed by atoms with Gasteiger partial charge in [0.1, 0.15) is 5.75 Å². The second-order valence-corrected chi connectivity index (χ2v) is 7.78. The third-order valence-corrected chi connectivity index (χ3v) is 4.90. The van der Waals surface area contributed by atoms with Gasteiger partial charge in [-0.05, 0) is 48.9 Å². The van der Waals surface area contributed by atoms with E-state index in [2.05, 4.69) is 46.9 Å². The summed E-state index contributed by atoms with van der Waals surface area (Å²) < 4.78 is 6.77. The number of aromatic nitrogens is 4. The maximum atomic E-state index is 12.4. The van der Waals surface area contributed by atoms with Crippen molar-refractivity contribution in [1.29, 1.82) is 0 Å². The van der Waals surface area contributed by atoms with Gasteiger partial charge in [0.05, 0.1) is 12.1 Å². The molecule has 4 aromatic rings. The van der Waals surface area contributed by atoms with Crippen molar-refractivity contribution >= 4 is 50.3 Å². The fourth-order valence-electron chi connectivity index (χ4n) is 2.84. The number of hydrogen-bond acceptors (Lipinski definition) is 6. The summed E-state index contributed by atoms with van der Waals surface area (Å²) in [4.78, 5) is 20.9. The zero-order chi connectivity index (χ0) is 21.1. The van der Waals surface area contributed by atoms with Crippen LogP contribution in [0.4, 0.5) is 5.82 Å². The quantitative estimate of drug-likeness (QED) is 0.345. The predicted octanol–water partition coefficient (Wildman–Crippen LogP) is 4.56. The Morgan fingerprint density at radius 2 is 2.10 bits per heavy atom. The molecular weight excluding hydrogens is 472 g/mol. The van der Waals surface area contributed by atoms with Crippen molar-refractivity contribution in [2.45, 2.75) is 13.3 Å². The standard InChI is InChI=1S/C20H16BrClN6O2/c1-11-4-6-24-20(18(11)30-14-8-12(21)7-13(22)9-14)28-26-17(29)10-16-15-3-2-5-23-19(15)27-25-16/h2-9H,10H2,1H3,(H,24,28)(H,26,29)(H,23,25,27). The molecule has 30 heavy (non-hydrogen) atoms. The Labute approximate surface area is 185 Å². The molecule has 3 N–H and O–H groups in total. The van der Waals surface area contributed by atoms with E-state index in [1.165, 1.54) is 0 Å². The van der Waals surface area contributed by atoms with Crippen LogP contribution >= 0.6 is 27.5 Å². The van der Waals surface area contributed by atoms with Crippen LogP contribution in [0.5, 0.6) is 11.5 Å². The van der Waals surface area contributed by atoms with E-state index >= 15 is 0 Å². The molecule has 0 saturated carbocycles. The smallest absolute Gasteiger partial charge is 0.244 e. The van der Waals surface area contributed by atoms with Gasteiger partial charge in [-0.15, -0.1) is 0 Å². The lowest BCUT2D eigenvalue weighted by Gasteiger charge is -2.15. The molecule has 8 nitrogen and oxygen atoms in total. The van der Waals surface area contributed by atoms with Gasteiger partial charge in [0.25, 0.3) is 0 Å². The predicted molar refractivity (Wildman–Crippen MR) is 118 cm³/mol. The summed E-state index contributed by atoms with van der Waals surface area (Å²) in [6, 6.07) is 10.7. The Morgan fingerprint density at radius 3 is 2.93 bits per heavy atom. The van der Waals surface area contributed by atoms with Crippen LogP contribution in [0.15, 0.2) is 53.3 Å². The van der Waals surface area contributed by atoms with Gasteiger partial charge in [0, 0.05) is 27.3 Å². The molecule has 0 aliphatic heterocycles. The number of aryl methyl sites for hydroxylation is 1. The van der Waals surface area contributed by atoms with E-state index in [-0.39, 0.29) is 12.3 Å². The summed E-state index contributed by atoms with van der Waals surface area (Å²) in [6.45, 7) is 1.88. The topological polar surface area (TPSA) is 105 Å². The Kier molecular flexibility index (Phi) is 5.82. The highest BCUT2D eigenvalue weighted by atomic mass is 79.9. The summed E-state index contributed by atoms with van der Waals surface area (Å²) in [5.41, 5.74) is 7.54. The molecule has 10 heteroatoms. The normalized spacial score (nSPS) is 10.8. The van der Waals surface area contributed by atoms with Crippen molar-refractivity contribution in [3.8, 4) is 11.5 Å². The Morgan fingerprint density at radius 1 is 1.23 bits per heavy atom. The fourth-order valence-corrected chi connectivity index (χ4v) is 3.66. The maximum Gasteiger partial charge on any atom is 0.244 e. The first-order chi connectivity index (χ1) is 14.5. The lowest BCUT2D eigenvalue weighted by Crippen LogP contribution is -2.31. The molecule has 0 saturated heterocycles. The van der Waals surface area contributed by atoms with Crippen LogP contribution in [0.3, 0.4) is 0 Å². The van der Waals surface area contributed by atoms with E-state index in [9.17, 15) is 4.79 Å². The molecule has 4 rings (SSSR count). The van der Waals surface area contributed by atoms with Crippen LogP contribution in [-0.2, 0) is 11.2 Å². The molecular formula is C20H16BrClN6O2. The first kappa shape index (κ1) is 20.1. The van der Waals surface area contributed by atoms with Crippen molar-refractivity contribution in [1.82, 2.24) is 25.6 Å². The summed E-state index contributed by atoms with van der Waals surface area (Å²) >= 11 is 9.49. The number of nitrogens with zero attached hydrogens (tertiary/aromatic N) is 3. The lowest BCUT2D eigenvalue weighted by atomic mass is 10.2. The van der Waals surface area contributed by atoms with E-state index < -0.39 is 0 Å². The molecule has 3 heterocycles. The van der Waals surface area contributed by atoms with Gasteiger partial charge in [0.15, 0.2) is 17.2 Å². The third-order valence-electron chi connectivity index (χ3n) is 4.22. The molecule has 0 atom stereocenters. The number of fused-ring (bicyclic) bond motifs is 1. The van der Waals surface area contributed by atoms with Crippen molar-refractivity contribution in [3.63, 3.8) is 0 Å². The van der Waals surface area contributed by atoms with Crippen LogP contribution < -0.4 is 15.6 Å². The van der Waals surface area contributed by atoms with E-state index in [4.69, 9.17) is 16.3 Å². The number of hydrogen-bond donors (Lipinski definition) is 3. The highest BCUT2D eigenvalue weighted by Crippen LogP contribution is 2.33. The van der Waals surface area contributed by atoms with E-state index in [0.29, 0.717) is 33.7 Å². The second kappa shape index (κ2) is 8.68. The number of hydrazine groups is 1. The number of H-pyrrole nitrogens is 1. The second-order valence-electron chi connectivity index (χ2n) is 6.43. The summed E-state index contributed by atoms with van der Waals surface area (Å²) in [6.07, 6.45) is 3.36. The maximum absolute atomic E-state index is 12.4. The molecule has 0 radical (unpaired) electrons. The summed E-state index contributed by atoms with van der Waals surface area (Å²) in [7, 11) is 0. The Balaban J connectivity index is 1.48. The number of carbonyl (C=O) groups is 1. The highest BCUT2D eigenvalue weighted by molar-refractivity contribution is 9.10. The molecule has 0 aliphatic carbocycles. The SMILES string of the molecule is Cc1ccnc(NNC(=O)Cc2n[nH]c3ncccc23)c1Oc1cc(Cl)cc(Br)c1. The van der Waals surface area contributed by atoms with Crippen molar-refractivity contribution in [2.75, 3.05) is 5.43 Å². The molecule has 1 amide bonds. The molecule has 0 spiro atoms. The number of pyridine rings is 2. The Bertz CT molecular complexity index is 1210. The van der Waals surface area contributed by atoms with Gasteiger partial charge in [-0.3, -0.25) is 20.7 Å². The van der Waals surface area contributed by atoms with Gasteiger partial charge in [-0.2, -0.15) is 5.10 Å². The van der Waals surface area contributed by atoms with Gasteiger partial charge in [-0.1, -0.05) is 27.5 Å². The summed E-state index contributed by atoms with van der Waals surface area (Å²) in [5.74, 6) is 1.09. The zero-order valence-corrected chi connectivity index (χ0v) is 18.1. The molecule has 3 aromatic heterocycles. The Hall–Kier alpha value is -3.17. The number of carbonyl (C=O) groups excluding carboxylic acids is 1. The van der Waals surface area contributed by atoms with Crippen LogP contribution in [0, 0.1) is 6.92 Å². The number of aromatic amines is 1. The number of rotatable bonds is 6. The average molecular weight is 488 g/mol. The molecule has 0 unspecified atom stereocenters. The third kappa shape index (κ3) is 4.52. The van der Waals surface area contributed by atoms with Crippen LogP contribution in [0.1, 0.15) is 11.3 Å². The molecule has 0 aliphatic rings. The minimum atomic E-state index is -0.285. The van der Waals surface area contributed by atoms with Gasteiger partial charge in [-0.25, -0.2) is 9.97 Å². The fraction of sp³-hybridized carbons (Fsp3) is 0.100. The molecule has 0 bridgehead atoms. The molecule has 1 aromatic carbocycles. The van der Waals surface area contributed by atoms with Crippen molar-refractivity contribution < 1.29 is 9.53 Å². The number of halogens is 2. The number of amides is 1. The number of nitrogens with one attached hydrogen (secondary N) is 3. The molecule has 152 valence electrons. The highest BCUT2D eigenvalue weighted by Gasteiger charge is 2.14. The molecule has 0 fully saturated rings. The van der Waals surface area contributed by atoms with E-state index in [0.717, 1.165) is 15.4 Å². The van der Waals surface area contributed by atoms with Gasteiger partial charge >= 0.3 is 0 Å². The number of benzene rings is 1. The van der Waals surface area contributed by atoms with Crippen LogP contribution in [0.25, 0.3) is 11.0 Å². The first-order valence-corrected chi connectivity index (χ1v) is 10.1. The van der Waals surface area contributed by atoms with E-state index in [1.54, 1.807) is 36.7 Å². The summed E-state index contributed by atoms with van der Waals surface area (Å²) in [5, 5.41) is 8.31. The first-order valence-electron chi connectivity index (χ1n) is 8.92. The lowest BCUT2D eigenvalue weighted by molar-refractivity contribution is -0.120. The van der Waals surface area contributed by atoms with E-state index in [1.807, 2.05) is 19.1 Å². The monoisotopic (exact) mass is 486 g/mol. The van der Waals surface area contributed by atoms with Gasteiger partial charge < -0.3 is 4.74 Å². The van der Waals surface area contributed by atoms with Crippen molar-refractivity contribution in [3.05, 3.63) is 69.5 Å². The zero-order valence-electron chi connectivity index (χ0n) is 15.7. The van der Waals surface area contributed by atoms with Gasteiger partial charge in [0.2, 0.25) is 5.91 Å². The average Bonchev–Trinajstić information content (AvgIpc) is 3.11. The number of anilines is 1. The minimum Gasteiger partial charge on any atom is -0.453 e.